The Balaban J connectivity index is 1.56. The first-order valence-electron chi connectivity index (χ1n) is 12.8. The molecular weight excluding hydrogens is 510 g/mol. The van der Waals surface area contributed by atoms with Crippen molar-refractivity contribution in [1.82, 2.24) is 14.9 Å². The number of thiocarbonyl (C=S) groups is 1. The van der Waals surface area contributed by atoms with E-state index in [0.29, 0.717) is 11.7 Å². The van der Waals surface area contributed by atoms with Crippen molar-refractivity contribution in [3.8, 4) is 11.4 Å². The third-order valence-electron chi connectivity index (χ3n) is 6.65. The molecule has 2 N–H and O–H groups in total. The fraction of sp³-hybridized carbons (Fsp3) is 0.233. The van der Waals surface area contributed by atoms with Crippen LogP contribution in [0.25, 0.3) is 5.69 Å². The molecule has 5 rings (SSSR count). The number of carbonyl (C=O) groups is 1. The number of aromatic nitrogens is 2. The monoisotopic (exact) mass is 541 g/mol. The predicted molar refractivity (Wildman–Crippen MR) is 157 cm³/mol. The van der Waals surface area contributed by atoms with Gasteiger partial charge in [0.1, 0.15) is 18.4 Å². The van der Waals surface area contributed by atoms with Crippen molar-refractivity contribution in [1.29, 1.82) is 0 Å². The van der Waals surface area contributed by atoms with Crippen molar-refractivity contribution >= 4 is 34.6 Å². The number of carbonyl (C=O) groups excluding carboxylic acids is 1. The lowest BCUT2D eigenvalue weighted by Gasteiger charge is -2.29. The zero-order chi connectivity index (χ0) is 27.4. The normalized spacial score (nSPS) is 16.7. The van der Waals surface area contributed by atoms with Gasteiger partial charge in [-0.1, -0.05) is 6.07 Å². The van der Waals surface area contributed by atoms with E-state index in [4.69, 9.17) is 21.7 Å². The summed E-state index contributed by atoms with van der Waals surface area (Å²) in [6.07, 6.45) is 3.85. The van der Waals surface area contributed by atoms with E-state index in [-0.39, 0.29) is 24.6 Å². The fourth-order valence-corrected chi connectivity index (χ4v) is 5.27. The second-order valence-corrected chi connectivity index (χ2v) is 9.59. The fourth-order valence-electron chi connectivity index (χ4n) is 4.93. The molecule has 0 aliphatic carbocycles. The van der Waals surface area contributed by atoms with E-state index in [1.54, 1.807) is 6.20 Å². The number of anilines is 2. The van der Waals surface area contributed by atoms with Crippen LogP contribution in [0.5, 0.6) is 5.75 Å². The molecule has 1 aliphatic heterocycles. The lowest BCUT2D eigenvalue weighted by molar-refractivity contribution is -0.119. The minimum atomic E-state index is -0.201. The highest BCUT2D eigenvalue weighted by molar-refractivity contribution is 7.80. The Labute approximate surface area is 233 Å². The molecule has 2 atom stereocenters. The van der Waals surface area contributed by atoms with Crippen molar-refractivity contribution in [2.45, 2.75) is 25.9 Å². The molecule has 2 aromatic heterocycles. The van der Waals surface area contributed by atoms with Gasteiger partial charge in [-0.05, 0) is 98.4 Å². The summed E-state index contributed by atoms with van der Waals surface area (Å²) in [5.41, 5.74) is 5.53. The Morgan fingerprint density at radius 2 is 1.87 bits per heavy atom. The standard InChI is InChI=1S/C30H31N5O3S/c1-4-38-23-13-10-21(11-14-23)34-17-7-9-26(34)29-28(25-8-5-6-16-31-25)33-30(39)35(29)22-12-15-24(20(2)18-22)32-27(36)19-37-3/h5-18,28-29H,4,19H2,1-3H3,(H,32,36)(H,33,39)/t28-,29-/m1/s1. The van der Waals surface area contributed by atoms with Gasteiger partial charge in [0, 0.05) is 42.3 Å². The number of nitrogens with one attached hydrogen (secondary N) is 2. The van der Waals surface area contributed by atoms with E-state index in [9.17, 15) is 4.79 Å². The Kier molecular flexibility index (Phi) is 7.90. The molecule has 1 fully saturated rings. The second kappa shape index (κ2) is 11.7. The molecule has 3 heterocycles. The number of amides is 1. The summed E-state index contributed by atoms with van der Waals surface area (Å²) in [6, 6.07) is 23.7. The average molecular weight is 542 g/mol. The third kappa shape index (κ3) is 5.50. The lowest BCUT2D eigenvalue weighted by Crippen LogP contribution is -2.30. The minimum absolute atomic E-state index is 0.00229. The minimum Gasteiger partial charge on any atom is -0.494 e. The molecular formula is C30H31N5O3S. The van der Waals surface area contributed by atoms with Crippen molar-refractivity contribution in [2.24, 2.45) is 0 Å². The summed E-state index contributed by atoms with van der Waals surface area (Å²) < 4.78 is 12.8. The third-order valence-corrected chi connectivity index (χ3v) is 6.96. The van der Waals surface area contributed by atoms with Crippen LogP contribution in [0.2, 0.25) is 0 Å². The summed E-state index contributed by atoms with van der Waals surface area (Å²) in [4.78, 5) is 18.9. The van der Waals surface area contributed by atoms with Crippen LogP contribution in [0.3, 0.4) is 0 Å². The molecule has 200 valence electrons. The predicted octanol–water partition coefficient (Wildman–Crippen LogP) is 5.34. The molecule has 1 saturated heterocycles. The number of pyridine rings is 1. The van der Waals surface area contributed by atoms with Gasteiger partial charge in [0.2, 0.25) is 5.91 Å². The first kappa shape index (κ1) is 26.4. The van der Waals surface area contributed by atoms with Gasteiger partial charge >= 0.3 is 0 Å². The quantitative estimate of drug-likeness (QED) is 0.277. The maximum Gasteiger partial charge on any atom is 0.250 e. The number of benzene rings is 2. The summed E-state index contributed by atoms with van der Waals surface area (Å²) in [5, 5.41) is 7.02. The van der Waals surface area contributed by atoms with Crippen molar-refractivity contribution in [3.63, 3.8) is 0 Å². The maximum absolute atomic E-state index is 12.1. The molecule has 2 aromatic carbocycles. The Hall–Kier alpha value is -4.21. The molecule has 4 aromatic rings. The van der Waals surface area contributed by atoms with E-state index < -0.39 is 0 Å². The zero-order valence-electron chi connectivity index (χ0n) is 22.1. The molecule has 1 aliphatic rings. The number of methoxy groups -OCH3 is 1. The van der Waals surface area contributed by atoms with Gasteiger partial charge in [-0.25, -0.2) is 0 Å². The number of ether oxygens (including phenoxy) is 2. The number of rotatable bonds is 9. The second-order valence-electron chi connectivity index (χ2n) is 9.21. The topological polar surface area (TPSA) is 80.7 Å². The SMILES string of the molecule is CCOc1ccc(-n2cccc2[C@@H]2[C@@H](c3ccccn3)NC(=S)N2c2ccc(NC(=O)COC)c(C)c2)cc1. The van der Waals surface area contributed by atoms with Crippen molar-refractivity contribution in [3.05, 3.63) is 102 Å². The van der Waals surface area contributed by atoms with Crippen LogP contribution < -0.4 is 20.3 Å². The molecule has 0 radical (unpaired) electrons. The van der Waals surface area contributed by atoms with E-state index >= 15 is 0 Å². The van der Waals surface area contributed by atoms with E-state index in [1.165, 1.54) is 7.11 Å². The van der Waals surface area contributed by atoms with Gasteiger partial charge in [0.25, 0.3) is 0 Å². The molecule has 1 amide bonds. The number of nitrogens with zero attached hydrogens (tertiary/aromatic N) is 3. The van der Waals surface area contributed by atoms with E-state index in [2.05, 4.69) is 49.5 Å². The number of aryl methyl sites for hydroxylation is 1. The highest BCUT2D eigenvalue weighted by Gasteiger charge is 2.42. The Morgan fingerprint density at radius 3 is 2.56 bits per heavy atom. The van der Waals surface area contributed by atoms with Gasteiger partial charge in [-0.3, -0.25) is 9.78 Å². The van der Waals surface area contributed by atoms with Crippen LogP contribution >= 0.6 is 12.2 Å². The molecule has 0 unspecified atom stereocenters. The molecule has 9 heteroatoms. The summed E-state index contributed by atoms with van der Waals surface area (Å²) in [7, 11) is 1.50. The Morgan fingerprint density at radius 1 is 1.08 bits per heavy atom. The highest BCUT2D eigenvalue weighted by Crippen LogP contribution is 2.43. The van der Waals surface area contributed by atoms with Gasteiger partial charge in [-0.15, -0.1) is 0 Å². The molecule has 0 spiro atoms. The van der Waals surface area contributed by atoms with Crippen LogP contribution in [-0.4, -0.2) is 40.9 Å². The van der Waals surface area contributed by atoms with E-state index in [0.717, 1.165) is 39.8 Å². The van der Waals surface area contributed by atoms with Crippen LogP contribution in [0.15, 0.2) is 85.2 Å². The van der Waals surface area contributed by atoms with Crippen LogP contribution in [0.4, 0.5) is 11.4 Å². The zero-order valence-corrected chi connectivity index (χ0v) is 22.9. The van der Waals surface area contributed by atoms with Crippen LogP contribution in [-0.2, 0) is 9.53 Å². The maximum atomic E-state index is 12.1. The number of hydrogen-bond donors (Lipinski definition) is 2. The van der Waals surface area contributed by atoms with Crippen LogP contribution in [0, 0.1) is 6.92 Å². The summed E-state index contributed by atoms with van der Waals surface area (Å²) >= 11 is 5.91. The first-order valence-corrected chi connectivity index (χ1v) is 13.2. The molecule has 8 nitrogen and oxygen atoms in total. The number of hydrogen-bond acceptors (Lipinski definition) is 5. The van der Waals surface area contributed by atoms with Crippen molar-refractivity contribution in [2.75, 3.05) is 30.5 Å². The van der Waals surface area contributed by atoms with Gasteiger partial charge in [-0.2, -0.15) is 0 Å². The molecule has 0 saturated carbocycles. The summed E-state index contributed by atoms with van der Waals surface area (Å²) in [5.74, 6) is 0.632. The van der Waals surface area contributed by atoms with Crippen molar-refractivity contribution < 1.29 is 14.3 Å². The first-order chi connectivity index (χ1) is 19.0. The van der Waals surface area contributed by atoms with Crippen LogP contribution in [0.1, 0.15) is 36.0 Å². The smallest absolute Gasteiger partial charge is 0.250 e. The molecule has 0 bridgehead atoms. The highest BCUT2D eigenvalue weighted by atomic mass is 32.1. The Bertz CT molecular complexity index is 1460. The van der Waals surface area contributed by atoms with E-state index in [1.807, 2.05) is 68.4 Å². The molecule has 39 heavy (non-hydrogen) atoms. The lowest BCUT2D eigenvalue weighted by atomic mass is 10.00. The average Bonchev–Trinajstić information content (AvgIpc) is 3.55. The van der Waals surface area contributed by atoms with Gasteiger partial charge < -0.3 is 29.6 Å². The summed E-state index contributed by atoms with van der Waals surface area (Å²) in [6.45, 7) is 4.56. The largest absolute Gasteiger partial charge is 0.494 e. The van der Waals surface area contributed by atoms with Gasteiger partial charge in [0.05, 0.1) is 18.3 Å². The van der Waals surface area contributed by atoms with Gasteiger partial charge in [0.15, 0.2) is 5.11 Å².